The molecule has 1 aromatic carbocycles. The molecule has 21 heavy (non-hydrogen) atoms. The summed E-state index contributed by atoms with van der Waals surface area (Å²) in [5.41, 5.74) is 1.14. The number of amides is 1. The first-order valence-electron chi connectivity index (χ1n) is 8.18. The van der Waals surface area contributed by atoms with Gasteiger partial charge in [0.25, 0.3) is 0 Å². The van der Waals surface area contributed by atoms with E-state index in [1.54, 1.807) is 0 Å². The molecule has 0 aromatic heterocycles. The topological polar surface area (TPSA) is 29.1 Å². The highest BCUT2D eigenvalue weighted by molar-refractivity contribution is 9.10. The molecule has 0 saturated carbocycles. The van der Waals surface area contributed by atoms with E-state index in [2.05, 4.69) is 34.2 Å². The molecule has 118 valence electrons. The lowest BCUT2D eigenvalue weighted by Gasteiger charge is -2.14. The zero-order valence-corrected chi connectivity index (χ0v) is 14.9. The van der Waals surface area contributed by atoms with Gasteiger partial charge in [-0.25, -0.2) is 0 Å². The first-order valence-corrected chi connectivity index (χ1v) is 8.97. The first kappa shape index (κ1) is 18.2. The number of carbonyl (C=O) groups excluding carboxylic acids is 1. The van der Waals surface area contributed by atoms with Gasteiger partial charge < -0.3 is 5.32 Å². The summed E-state index contributed by atoms with van der Waals surface area (Å²) in [6.07, 6.45) is 9.35. The van der Waals surface area contributed by atoms with Crippen LogP contribution >= 0.6 is 15.9 Å². The van der Waals surface area contributed by atoms with Crippen LogP contribution in [-0.2, 0) is 4.79 Å². The smallest absolute Gasteiger partial charge is 0.220 e. The number of hydrogen-bond donors (Lipinski definition) is 1. The highest BCUT2D eigenvalue weighted by Crippen LogP contribution is 2.18. The predicted octanol–water partition coefficient (Wildman–Crippen LogP) is 5.77. The van der Waals surface area contributed by atoms with Crippen molar-refractivity contribution >= 4 is 21.8 Å². The van der Waals surface area contributed by atoms with Crippen molar-refractivity contribution in [2.45, 2.75) is 71.3 Å². The van der Waals surface area contributed by atoms with Gasteiger partial charge in [0, 0.05) is 10.9 Å². The maximum Gasteiger partial charge on any atom is 0.220 e. The molecule has 0 bridgehead atoms. The lowest BCUT2D eigenvalue weighted by Crippen LogP contribution is -2.26. The highest BCUT2D eigenvalue weighted by Gasteiger charge is 2.09. The number of carbonyl (C=O) groups is 1. The normalized spacial score (nSPS) is 12.1. The third kappa shape index (κ3) is 8.25. The van der Waals surface area contributed by atoms with Gasteiger partial charge >= 0.3 is 0 Å². The Balaban J connectivity index is 2.16. The zero-order chi connectivity index (χ0) is 15.5. The Kier molecular flexibility index (Phi) is 9.40. The molecular formula is C18H28BrNO. The first-order chi connectivity index (χ1) is 10.1. The quantitative estimate of drug-likeness (QED) is 0.531. The number of benzene rings is 1. The van der Waals surface area contributed by atoms with Crippen molar-refractivity contribution in [3.05, 3.63) is 34.3 Å². The Hall–Kier alpha value is -0.830. The molecule has 3 heteroatoms. The number of hydrogen-bond acceptors (Lipinski definition) is 1. The second-order valence-corrected chi connectivity index (χ2v) is 6.63. The SMILES string of the molecule is CCCCCCCCCC(=O)NC(C)c1cccc(Br)c1. The largest absolute Gasteiger partial charge is 0.350 e. The van der Waals surface area contributed by atoms with Crippen molar-refractivity contribution < 1.29 is 4.79 Å². The minimum atomic E-state index is 0.0690. The number of rotatable bonds is 10. The highest BCUT2D eigenvalue weighted by atomic mass is 79.9. The van der Waals surface area contributed by atoms with E-state index in [0.29, 0.717) is 6.42 Å². The van der Waals surface area contributed by atoms with E-state index < -0.39 is 0 Å². The van der Waals surface area contributed by atoms with E-state index in [4.69, 9.17) is 0 Å². The Labute approximate surface area is 137 Å². The second-order valence-electron chi connectivity index (χ2n) is 5.72. The summed E-state index contributed by atoms with van der Waals surface area (Å²) in [5.74, 6) is 0.163. The molecule has 1 rings (SSSR count). The van der Waals surface area contributed by atoms with Crippen molar-refractivity contribution in [2.24, 2.45) is 0 Å². The summed E-state index contributed by atoms with van der Waals surface area (Å²) in [6, 6.07) is 8.16. The van der Waals surface area contributed by atoms with Gasteiger partial charge in [-0.3, -0.25) is 4.79 Å². The van der Waals surface area contributed by atoms with Crippen LogP contribution in [-0.4, -0.2) is 5.91 Å². The fourth-order valence-electron chi connectivity index (χ4n) is 2.42. The molecule has 0 aliphatic heterocycles. The molecule has 0 aliphatic carbocycles. The molecule has 0 spiro atoms. The number of halogens is 1. The summed E-state index contributed by atoms with van der Waals surface area (Å²) >= 11 is 3.46. The standard InChI is InChI=1S/C18H28BrNO/c1-3-4-5-6-7-8-9-13-18(21)20-15(2)16-11-10-12-17(19)14-16/h10-12,14-15H,3-9,13H2,1-2H3,(H,20,21). The predicted molar refractivity (Wildman–Crippen MR) is 93.3 cm³/mol. The van der Waals surface area contributed by atoms with E-state index >= 15 is 0 Å². The summed E-state index contributed by atoms with van der Waals surface area (Å²) in [4.78, 5) is 11.9. The average molecular weight is 354 g/mol. The maximum absolute atomic E-state index is 11.9. The van der Waals surface area contributed by atoms with Crippen LogP contribution in [0.2, 0.25) is 0 Å². The Morgan fingerprint density at radius 2 is 1.81 bits per heavy atom. The van der Waals surface area contributed by atoms with Crippen LogP contribution < -0.4 is 5.32 Å². The lowest BCUT2D eigenvalue weighted by atomic mass is 10.1. The van der Waals surface area contributed by atoms with Gasteiger partial charge in [-0.2, -0.15) is 0 Å². The van der Waals surface area contributed by atoms with Gasteiger partial charge in [-0.1, -0.05) is 73.5 Å². The Morgan fingerprint density at radius 1 is 1.14 bits per heavy atom. The molecule has 0 fully saturated rings. The fraction of sp³-hybridized carbons (Fsp3) is 0.611. The summed E-state index contributed by atoms with van der Waals surface area (Å²) in [5, 5.41) is 3.07. The third-order valence-electron chi connectivity index (χ3n) is 3.73. The molecule has 0 radical (unpaired) electrons. The van der Waals surface area contributed by atoms with Crippen LogP contribution in [0.15, 0.2) is 28.7 Å². The van der Waals surface area contributed by atoms with Crippen molar-refractivity contribution in [2.75, 3.05) is 0 Å². The average Bonchev–Trinajstić information content (AvgIpc) is 2.46. The van der Waals surface area contributed by atoms with Gasteiger partial charge in [-0.15, -0.1) is 0 Å². The fourth-order valence-corrected chi connectivity index (χ4v) is 2.83. The lowest BCUT2D eigenvalue weighted by molar-refractivity contribution is -0.121. The van der Waals surface area contributed by atoms with Crippen molar-refractivity contribution in [1.29, 1.82) is 0 Å². The van der Waals surface area contributed by atoms with E-state index in [1.165, 1.54) is 38.5 Å². The van der Waals surface area contributed by atoms with Crippen LogP contribution in [0.3, 0.4) is 0 Å². The monoisotopic (exact) mass is 353 g/mol. The Bertz CT molecular complexity index is 419. The van der Waals surface area contributed by atoms with Crippen molar-refractivity contribution in [3.63, 3.8) is 0 Å². The zero-order valence-electron chi connectivity index (χ0n) is 13.3. The van der Waals surface area contributed by atoms with E-state index in [0.717, 1.165) is 16.5 Å². The van der Waals surface area contributed by atoms with E-state index in [-0.39, 0.29) is 11.9 Å². The minimum absolute atomic E-state index is 0.0690. The summed E-state index contributed by atoms with van der Waals surface area (Å²) in [7, 11) is 0. The van der Waals surface area contributed by atoms with Crippen molar-refractivity contribution in [1.82, 2.24) is 5.32 Å². The maximum atomic E-state index is 11.9. The van der Waals surface area contributed by atoms with Crippen LogP contribution in [0.1, 0.15) is 76.8 Å². The molecule has 0 aliphatic rings. The summed E-state index contributed by atoms with van der Waals surface area (Å²) in [6.45, 7) is 4.27. The molecule has 2 nitrogen and oxygen atoms in total. The molecule has 0 saturated heterocycles. The van der Waals surface area contributed by atoms with Crippen LogP contribution in [0.4, 0.5) is 0 Å². The minimum Gasteiger partial charge on any atom is -0.350 e. The molecule has 1 atom stereocenters. The van der Waals surface area contributed by atoms with Gasteiger partial charge in [0.15, 0.2) is 0 Å². The molecule has 1 N–H and O–H groups in total. The molecule has 1 unspecified atom stereocenters. The van der Waals surface area contributed by atoms with Gasteiger partial charge in [0.2, 0.25) is 5.91 Å². The molecule has 1 amide bonds. The van der Waals surface area contributed by atoms with Crippen LogP contribution in [0, 0.1) is 0 Å². The number of unbranched alkanes of at least 4 members (excludes halogenated alkanes) is 6. The molecular weight excluding hydrogens is 326 g/mol. The van der Waals surface area contributed by atoms with Crippen LogP contribution in [0.5, 0.6) is 0 Å². The third-order valence-corrected chi connectivity index (χ3v) is 4.23. The summed E-state index contributed by atoms with van der Waals surface area (Å²) < 4.78 is 1.05. The van der Waals surface area contributed by atoms with Crippen molar-refractivity contribution in [3.8, 4) is 0 Å². The van der Waals surface area contributed by atoms with Gasteiger partial charge in [0.1, 0.15) is 0 Å². The second kappa shape index (κ2) is 10.8. The van der Waals surface area contributed by atoms with E-state index in [9.17, 15) is 4.79 Å². The molecule has 0 heterocycles. The van der Waals surface area contributed by atoms with E-state index in [1.807, 2.05) is 25.1 Å². The van der Waals surface area contributed by atoms with Crippen LogP contribution in [0.25, 0.3) is 0 Å². The van der Waals surface area contributed by atoms with Gasteiger partial charge in [-0.05, 0) is 31.0 Å². The molecule has 1 aromatic rings. The Morgan fingerprint density at radius 3 is 2.48 bits per heavy atom. The van der Waals surface area contributed by atoms with Gasteiger partial charge in [0.05, 0.1) is 6.04 Å². The number of nitrogens with one attached hydrogen (secondary N) is 1.